The van der Waals surface area contributed by atoms with Gasteiger partial charge in [0.05, 0.1) is 33.7 Å². The van der Waals surface area contributed by atoms with E-state index in [2.05, 4.69) is 10.4 Å². The highest BCUT2D eigenvalue weighted by molar-refractivity contribution is 5.95. The number of nitro benzene ring substituents is 2. The van der Waals surface area contributed by atoms with E-state index in [1.54, 1.807) is 24.9 Å². The number of nitrogens with one attached hydrogen (secondary N) is 1. The number of hydrogen-bond acceptors (Lipinski definition) is 6. The molecule has 0 radical (unpaired) electrons. The van der Waals surface area contributed by atoms with Crippen molar-refractivity contribution < 1.29 is 14.6 Å². The molecule has 1 atom stereocenters. The maximum atomic E-state index is 12.3. The van der Waals surface area contributed by atoms with Gasteiger partial charge in [-0.1, -0.05) is 0 Å². The second kappa shape index (κ2) is 6.44. The number of carbonyl (C=O) groups is 1. The molecule has 0 fully saturated rings. The van der Waals surface area contributed by atoms with Gasteiger partial charge >= 0.3 is 0 Å². The molecule has 24 heavy (non-hydrogen) atoms. The predicted molar refractivity (Wildman–Crippen MR) is 83.6 cm³/mol. The Morgan fingerprint density at radius 1 is 1.21 bits per heavy atom. The number of benzene rings is 1. The predicted octanol–water partition coefficient (Wildman–Crippen LogP) is 2.04. The maximum Gasteiger partial charge on any atom is 0.277 e. The van der Waals surface area contributed by atoms with Gasteiger partial charge in [0.1, 0.15) is 0 Å². The Morgan fingerprint density at radius 3 is 2.17 bits per heavy atom. The van der Waals surface area contributed by atoms with Crippen LogP contribution in [0, 0.1) is 27.2 Å². The molecule has 0 saturated heterocycles. The molecule has 0 aliphatic heterocycles. The molecular formula is C14H15N5O5. The van der Waals surface area contributed by atoms with Gasteiger partial charge in [-0.05, 0) is 13.8 Å². The molecule has 1 unspecified atom stereocenters. The van der Waals surface area contributed by atoms with Gasteiger partial charge in [-0.3, -0.25) is 29.7 Å². The fourth-order valence-electron chi connectivity index (χ4n) is 2.24. The van der Waals surface area contributed by atoms with Crippen LogP contribution in [0.2, 0.25) is 0 Å². The highest BCUT2D eigenvalue weighted by Gasteiger charge is 2.22. The summed E-state index contributed by atoms with van der Waals surface area (Å²) in [5, 5.41) is 28.5. The summed E-state index contributed by atoms with van der Waals surface area (Å²) in [5.41, 5.74) is 0.460. The van der Waals surface area contributed by atoms with Crippen molar-refractivity contribution in [2.24, 2.45) is 7.05 Å². The van der Waals surface area contributed by atoms with E-state index >= 15 is 0 Å². The molecule has 0 spiro atoms. The van der Waals surface area contributed by atoms with Gasteiger partial charge in [-0.2, -0.15) is 5.10 Å². The minimum Gasteiger partial charge on any atom is -0.345 e. The molecule has 1 heterocycles. The van der Waals surface area contributed by atoms with Gasteiger partial charge in [0, 0.05) is 30.4 Å². The van der Waals surface area contributed by atoms with E-state index in [4.69, 9.17) is 0 Å². The number of aromatic nitrogens is 2. The molecule has 10 nitrogen and oxygen atoms in total. The summed E-state index contributed by atoms with van der Waals surface area (Å²) in [4.78, 5) is 32.5. The van der Waals surface area contributed by atoms with Crippen molar-refractivity contribution in [2.75, 3.05) is 0 Å². The van der Waals surface area contributed by atoms with Crippen LogP contribution in [-0.4, -0.2) is 25.5 Å². The highest BCUT2D eigenvalue weighted by atomic mass is 16.6. The van der Waals surface area contributed by atoms with Gasteiger partial charge in [0.2, 0.25) is 0 Å². The molecule has 1 N–H and O–H groups in total. The van der Waals surface area contributed by atoms with Crippen LogP contribution in [0.25, 0.3) is 0 Å². The van der Waals surface area contributed by atoms with E-state index in [0.717, 1.165) is 29.5 Å². The smallest absolute Gasteiger partial charge is 0.277 e. The Balaban J connectivity index is 2.30. The fraction of sp³-hybridized carbons (Fsp3) is 0.286. The Bertz CT molecular complexity index is 797. The van der Waals surface area contributed by atoms with Crippen molar-refractivity contribution in [3.8, 4) is 0 Å². The van der Waals surface area contributed by atoms with Crippen LogP contribution >= 0.6 is 0 Å². The Kier molecular flexibility index (Phi) is 4.58. The third-order valence-electron chi connectivity index (χ3n) is 3.67. The van der Waals surface area contributed by atoms with E-state index in [9.17, 15) is 25.0 Å². The first-order chi connectivity index (χ1) is 11.2. The molecule has 1 aromatic heterocycles. The zero-order chi connectivity index (χ0) is 18.0. The zero-order valence-electron chi connectivity index (χ0n) is 13.2. The average Bonchev–Trinajstić information content (AvgIpc) is 2.86. The van der Waals surface area contributed by atoms with Crippen LogP contribution in [0.15, 0.2) is 24.4 Å². The third kappa shape index (κ3) is 3.37. The SMILES string of the molecule is Cc1c(C(C)NC(=O)c2cc([N+](=O)[O-])cc([N+](=O)[O-])c2)cnn1C. The normalized spacial score (nSPS) is 11.8. The van der Waals surface area contributed by atoms with Gasteiger partial charge in [-0.25, -0.2) is 0 Å². The van der Waals surface area contributed by atoms with E-state index in [0.29, 0.717) is 0 Å². The van der Waals surface area contributed by atoms with E-state index < -0.39 is 33.2 Å². The van der Waals surface area contributed by atoms with Crippen LogP contribution in [0.4, 0.5) is 11.4 Å². The number of carbonyl (C=O) groups excluding carboxylic acids is 1. The lowest BCUT2D eigenvalue weighted by atomic mass is 10.1. The maximum absolute atomic E-state index is 12.3. The summed E-state index contributed by atoms with van der Waals surface area (Å²) < 4.78 is 1.65. The zero-order valence-corrected chi connectivity index (χ0v) is 13.2. The fourth-order valence-corrected chi connectivity index (χ4v) is 2.24. The quantitative estimate of drug-likeness (QED) is 0.657. The number of rotatable bonds is 5. The van der Waals surface area contributed by atoms with Crippen molar-refractivity contribution in [1.29, 1.82) is 0 Å². The molecule has 0 bridgehead atoms. The average molecular weight is 333 g/mol. The Labute approximate surface area is 136 Å². The molecule has 126 valence electrons. The van der Waals surface area contributed by atoms with Crippen molar-refractivity contribution in [2.45, 2.75) is 19.9 Å². The number of nitro groups is 2. The van der Waals surface area contributed by atoms with Crippen LogP contribution in [0.5, 0.6) is 0 Å². The minimum atomic E-state index is -0.779. The van der Waals surface area contributed by atoms with E-state index in [-0.39, 0.29) is 5.56 Å². The Morgan fingerprint density at radius 2 is 1.75 bits per heavy atom. The van der Waals surface area contributed by atoms with E-state index in [1.165, 1.54) is 0 Å². The van der Waals surface area contributed by atoms with Crippen molar-refractivity contribution >= 4 is 17.3 Å². The standard InChI is InChI=1S/C14H15N5O5/c1-8(13-7-15-17(3)9(13)2)16-14(20)10-4-11(18(21)22)6-12(5-10)19(23)24/h4-8H,1-3H3,(H,16,20). The second-order valence-electron chi connectivity index (χ2n) is 5.26. The molecule has 1 aromatic carbocycles. The summed E-state index contributed by atoms with van der Waals surface area (Å²) in [5.74, 6) is -0.641. The third-order valence-corrected chi connectivity index (χ3v) is 3.67. The summed E-state index contributed by atoms with van der Waals surface area (Å²) in [6.07, 6.45) is 1.61. The molecule has 2 aromatic rings. The summed E-state index contributed by atoms with van der Waals surface area (Å²) in [7, 11) is 1.76. The van der Waals surface area contributed by atoms with Crippen LogP contribution in [0.3, 0.4) is 0 Å². The number of nitrogens with zero attached hydrogens (tertiary/aromatic N) is 4. The first kappa shape index (κ1) is 17.1. The molecule has 1 amide bonds. The first-order valence-corrected chi connectivity index (χ1v) is 6.94. The number of hydrogen-bond donors (Lipinski definition) is 1. The molecule has 0 aliphatic carbocycles. The van der Waals surface area contributed by atoms with Crippen molar-refractivity contribution in [3.63, 3.8) is 0 Å². The van der Waals surface area contributed by atoms with Crippen molar-refractivity contribution in [3.05, 3.63) is 61.4 Å². The monoisotopic (exact) mass is 333 g/mol. The minimum absolute atomic E-state index is 0.149. The highest BCUT2D eigenvalue weighted by Crippen LogP contribution is 2.23. The summed E-state index contributed by atoms with van der Waals surface area (Å²) >= 11 is 0. The van der Waals surface area contributed by atoms with Crippen molar-refractivity contribution in [1.82, 2.24) is 15.1 Å². The largest absolute Gasteiger partial charge is 0.345 e. The summed E-state index contributed by atoms with van der Waals surface area (Å²) in [6.45, 7) is 3.57. The van der Waals surface area contributed by atoms with Crippen LogP contribution in [-0.2, 0) is 7.05 Å². The lowest BCUT2D eigenvalue weighted by Gasteiger charge is -2.13. The Hall–Kier alpha value is -3.30. The van der Waals surface area contributed by atoms with Gasteiger partial charge in [0.15, 0.2) is 0 Å². The number of aryl methyl sites for hydroxylation is 1. The van der Waals surface area contributed by atoms with E-state index in [1.807, 2.05) is 6.92 Å². The molecular weight excluding hydrogens is 318 g/mol. The lowest BCUT2D eigenvalue weighted by Crippen LogP contribution is -2.27. The number of non-ortho nitro benzene ring substituents is 2. The van der Waals surface area contributed by atoms with Gasteiger partial charge in [-0.15, -0.1) is 0 Å². The molecule has 0 aliphatic rings. The van der Waals surface area contributed by atoms with Gasteiger partial charge in [0.25, 0.3) is 17.3 Å². The van der Waals surface area contributed by atoms with Crippen LogP contribution in [0.1, 0.15) is 34.6 Å². The molecule has 0 saturated carbocycles. The topological polar surface area (TPSA) is 133 Å². The molecule has 2 rings (SSSR count). The summed E-state index contributed by atoms with van der Waals surface area (Å²) in [6, 6.07) is 2.41. The first-order valence-electron chi connectivity index (χ1n) is 6.94. The lowest BCUT2D eigenvalue weighted by molar-refractivity contribution is -0.394. The molecule has 10 heteroatoms. The second-order valence-corrected chi connectivity index (χ2v) is 5.26. The van der Waals surface area contributed by atoms with Gasteiger partial charge < -0.3 is 5.32 Å². The number of amides is 1. The van der Waals surface area contributed by atoms with Crippen LogP contribution < -0.4 is 5.32 Å².